The largest absolute Gasteiger partial charge is 0.481 e. The molecule has 0 radical (unpaired) electrons. The van der Waals surface area contributed by atoms with Gasteiger partial charge in [0.15, 0.2) is 5.16 Å². The van der Waals surface area contributed by atoms with Crippen LogP contribution >= 0.6 is 11.8 Å². The summed E-state index contributed by atoms with van der Waals surface area (Å²) in [6.45, 7) is 1.82. The van der Waals surface area contributed by atoms with Crippen LogP contribution in [-0.2, 0) is 11.8 Å². The van der Waals surface area contributed by atoms with Gasteiger partial charge in [0.05, 0.1) is 5.75 Å². The van der Waals surface area contributed by atoms with E-state index in [-0.39, 0.29) is 5.75 Å². The van der Waals surface area contributed by atoms with Gasteiger partial charge in [0.2, 0.25) is 0 Å². The van der Waals surface area contributed by atoms with Crippen molar-refractivity contribution in [3.63, 3.8) is 0 Å². The molecule has 1 heterocycles. The summed E-state index contributed by atoms with van der Waals surface area (Å²) >= 11 is 1.17. The van der Waals surface area contributed by atoms with Crippen LogP contribution in [0.2, 0.25) is 0 Å². The minimum Gasteiger partial charge on any atom is -0.481 e. The maximum atomic E-state index is 10.2. The molecule has 0 unspecified atom stereocenters. The fraction of sp³-hybridized carbons (Fsp3) is 0.500. The number of rotatable bonds is 3. The van der Waals surface area contributed by atoms with Crippen LogP contribution in [0.3, 0.4) is 0 Å². The molecule has 0 aromatic carbocycles. The number of hydrogen-bond acceptors (Lipinski definition) is 4. The van der Waals surface area contributed by atoms with Crippen molar-refractivity contribution in [2.45, 2.75) is 12.1 Å². The third-order valence-electron chi connectivity index (χ3n) is 1.38. The van der Waals surface area contributed by atoms with Gasteiger partial charge >= 0.3 is 5.97 Å². The lowest BCUT2D eigenvalue weighted by Crippen LogP contribution is -2.00. The third kappa shape index (κ3) is 1.97. The minimum absolute atomic E-state index is 0.0198. The first-order chi connectivity index (χ1) is 5.61. The summed E-state index contributed by atoms with van der Waals surface area (Å²) in [5.74, 6) is -0.0464. The van der Waals surface area contributed by atoms with Crippen LogP contribution in [0.4, 0.5) is 0 Å². The summed E-state index contributed by atoms with van der Waals surface area (Å²) < 4.78 is 1.76. The Morgan fingerprint density at radius 3 is 2.75 bits per heavy atom. The fourth-order valence-corrected chi connectivity index (χ4v) is 1.32. The van der Waals surface area contributed by atoms with Gasteiger partial charge in [0.25, 0.3) is 0 Å². The molecule has 0 atom stereocenters. The average molecular weight is 187 g/mol. The van der Waals surface area contributed by atoms with E-state index in [2.05, 4.69) is 10.2 Å². The van der Waals surface area contributed by atoms with E-state index in [4.69, 9.17) is 5.11 Å². The highest BCUT2D eigenvalue weighted by molar-refractivity contribution is 7.99. The van der Waals surface area contributed by atoms with Crippen LogP contribution in [0.25, 0.3) is 0 Å². The smallest absolute Gasteiger partial charge is 0.313 e. The zero-order valence-corrected chi connectivity index (χ0v) is 7.63. The van der Waals surface area contributed by atoms with Crippen LogP contribution in [0.1, 0.15) is 5.82 Å². The van der Waals surface area contributed by atoms with Gasteiger partial charge in [-0.25, -0.2) is 0 Å². The molecule has 0 spiro atoms. The van der Waals surface area contributed by atoms with E-state index in [1.807, 2.05) is 6.92 Å². The number of carbonyl (C=O) groups is 1. The van der Waals surface area contributed by atoms with E-state index < -0.39 is 5.97 Å². The first-order valence-electron chi connectivity index (χ1n) is 3.32. The number of aryl methyl sites for hydroxylation is 1. The number of carboxylic acids is 1. The molecule has 0 bridgehead atoms. The van der Waals surface area contributed by atoms with Crippen molar-refractivity contribution in [1.29, 1.82) is 0 Å². The van der Waals surface area contributed by atoms with E-state index in [1.54, 1.807) is 11.6 Å². The first kappa shape index (κ1) is 9.05. The van der Waals surface area contributed by atoms with Crippen LogP contribution < -0.4 is 0 Å². The van der Waals surface area contributed by atoms with Crippen molar-refractivity contribution in [3.8, 4) is 0 Å². The lowest BCUT2D eigenvalue weighted by Gasteiger charge is -1.97. The Labute approximate surface area is 73.8 Å². The summed E-state index contributed by atoms with van der Waals surface area (Å²) in [6.07, 6.45) is 0. The van der Waals surface area contributed by atoms with E-state index in [9.17, 15) is 4.79 Å². The lowest BCUT2D eigenvalue weighted by atomic mass is 10.7. The second-order valence-corrected chi connectivity index (χ2v) is 3.21. The number of aromatic nitrogens is 3. The molecule has 0 saturated heterocycles. The van der Waals surface area contributed by atoms with Crippen molar-refractivity contribution in [3.05, 3.63) is 5.82 Å². The summed E-state index contributed by atoms with van der Waals surface area (Å²) in [4.78, 5) is 10.2. The number of aliphatic carboxylic acids is 1. The minimum atomic E-state index is -0.847. The Morgan fingerprint density at radius 1 is 1.67 bits per heavy atom. The SMILES string of the molecule is Cc1nnc(SCC(=O)O)n1C. The van der Waals surface area contributed by atoms with Crippen LogP contribution in [0.5, 0.6) is 0 Å². The molecule has 0 aliphatic rings. The van der Waals surface area contributed by atoms with Crippen LogP contribution in [0, 0.1) is 6.92 Å². The molecule has 66 valence electrons. The lowest BCUT2D eigenvalue weighted by molar-refractivity contribution is -0.133. The molecule has 6 heteroatoms. The van der Waals surface area contributed by atoms with Gasteiger partial charge in [-0.2, -0.15) is 0 Å². The number of thioether (sulfide) groups is 1. The molecule has 1 N–H and O–H groups in total. The maximum Gasteiger partial charge on any atom is 0.313 e. The molecule has 12 heavy (non-hydrogen) atoms. The van der Waals surface area contributed by atoms with E-state index in [0.29, 0.717) is 5.16 Å². The van der Waals surface area contributed by atoms with E-state index in [0.717, 1.165) is 5.82 Å². The Balaban J connectivity index is 2.63. The van der Waals surface area contributed by atoms with E-state index >= 15 is 0 Å². The number of carboxylic acid groups (broad SMARTS) is 1. The van der Waals surface area contributed by atoms with Gasteiger partial charge in [-0.05, 0) is 6.92 Å². The molecule has 1 aromatic rings. The van der Waals surface area contributed by atoms with Crippen LogP contribution in [-0.4, -0.2) is 31.6 Å². The highest BCUT2D eigenvalue weighted by Gasteiger charge is 2.06. The standard InChI is InChI=1S/C6H9N3O2S/c1-4-7-8-6(9(4)2)12-3-5(10)11/h3H2,1-2H3,(H,10,11). The van der Waals surface area contributed by atoms with Gasteiger partial charge < -0.3 is 9.67 Å². The van der Waals surface area contributed by atoms with Crippen molar-refractivity contribution in [2.75, 3.05) is 5.75 Å². The Hall–Kier alpha value is -1.04. The van der Waals surface area contributed by atoms with Crippen molar-refractivity contribution in [1.82, 2.24) is 14.8 Å². The van der Waals surface area contributed by atoms with Gasteiger partial charge in [-0.3, -0.25) is 4.79 Å². The molecule has 5 nitrogen and oxygen atoms in total. The molecule has 0 fully saturated rings. The summed E-state index contributed by atoms with van der Waals surface area (Å²) in [5, 5.41) is 16.6. The third-order valence-corrected chi connectivity index (χ3v) is 2.38. The van der Waals surface area contributed by atoms with Crippen molar-refractivity contribution >= 4 is 17.7 Å². The molecular formula is C6H9N3O2S. The van der Waals surface area contributed by atoms with Crippen LogP contribution in [0.15, 0.2) is 5.16 Å². The molecule has 0 aliphatic carbocycles. The highest BCUT2D eigenvalue weighted by atomic mass is 32.2. The van der Waals surface area contributed by atoms with E-state index in [1.165, 1.54) is 11.8 Å². The highest BCUT2D eigenvalue weighted by Crippen LogP contribution is 2.14. The predicted octanol–water partition coefficient (Wildman–Crippen LogP) is 0.300. The van der Waals surface area contributed by atoms with Crippen molar-refractivity contribution < 1.29 is 9.90 Å². The quantitative estimate of drug-likeness (QED) is 0.689. The van der Waals surface area contributed by atoms with Gasteiger partial charge in [0, 0.05) is 7.05 Å². The topological polar surface area (TPSA) is 68.0 Å². The van der Waals surface area contributed by atoms with Gasteiger partial charge in [-0.15, -0.1) is 10.2 Å². The zero-order valence-electron chi connectivity index (χ0n) is 6.81. The Morgan fingerprint density at radius 2 is 2.33 bits per heavy atom. The monoisotopic (exact) mass is 187 g/mol. The first-order valence-corrected chi connectivity index (χ1v) is 4.30. The second-order valence-electron chi connectivity index (χ2n) is 2.27. The molecular weight excluding hydrogens is 178 g/mol. The average Bonchev–Trinajstić information content (AvgIpc) is 2.30. The summed E-state index contributed by atoms with van der Waals surface area (Å²) in [6, 6.07) is 0. The number of hydrogen-bond donors (Lipinski definition) is 1. The molecule has 1 rings (SSSR count). The molecule has 0 aliphatic heterocycles. The van der Waals surface area contributed by atoms with Gasteiger partial charge in [-0.1, -0.05) is 11.8 Å². The predicted molar refractivity (Wildman–Crippen MR) is 44.1 cm³/mol. The van der Waals surface area contributed by atoms with Gasteiger partial charge in [0.1, 0.15) is 5.82 Å². The Kier molecular flexibility index (Phi) is 2.69. The normalized spacial score (nSPS) is 10.2. The molecule has 0 amide bonds. The molecule has 1 aromatic heterocycles. The molecule has 0 saturated carbocycles. The summed E-state index contributed by atoms with van der Waals surface area (Å²) in [5.41, 5.74) is 0. The Bertz CT molecular complexity index is 297. The number of nitrogens with zero attached hydrogens (tertiary/aromatic N) is 3. The summed E-state index contributed by atoms with van der Waals surface area (Å²) in [7, 11) is 1.81. The fourth-order valence-electron chi connectivity index (χ4n) is 0.640. The van der Waals surface area contributed by atoms with Crippen molar-refractivity contribution in [2.24, 2.45) is 7.05 Å². The maximum absolute atomic E-state index is 10.2. The second kappa shape index (κ2) is 3.57. The zero-order chi connectivity index (χ0) is 9.14.